The smallest absolute Gasteiger partial charge is 0.138 e. The summed E-state index contributed by atoms with van der Waals surface area (Å²) >= 11 is 11.9. The van der Waals surface area contributed by atoms with E-state index in [2.05, 4.69) is 27.5 Å². The summed E-state index contributed by atoms with van der Waals surface area (Å²) in [4.78, 5) is 8.50. The maximum absolute atomic E-state index is 6.00. The molecule has 0 aliphatic heterocycles. The molecule has 0 atom stereocenters. The molecule has 0 aliphatic carbocycles. The first-order chi connectivity index (χ1) is 9.61. The average molecular weight is 311 g/mol. The number of anilines is 3. The lowest BCUT2D eigenvalue weighted by molar-refractivity contribution is 0.960. The molecule has 20 heavy (non-hydrogen) atoms. The second-order valence-electron chi connectivity index (χ2n) is 4.38. The molecule has 2 rings (SSSR count). The van der Waals surface area contributed by atoms with Crippen LogP contribution in [-0.2, 0) is 0 Å². The number of nitrogens with one attached hydrogen (secondary N) is 2. The zero-order chi connectivity index (χ0) is 14.5. The van der Waals surface area contributed by atoms with Gasteiger partial charge in [0.15, 0.2) is 0 Å². The van der Waals surface area contributed by atoms with Crippen molar-refractivity contribution in [3.8, 4) is 0 Å². The van der Waals surface area contributed by atoms with E-state index in [1.165, 1.54) is 6.33 Å². The van der Waals surface area contributed by atoms with Gasteiger partial charge in [-0.15, -0.1) is 0 Å². The normalized spacial score (nSPS) is 10.4. The molecule has 0 radical (unpaired) electrons. The van der Waals surface area contributed by atoms with Gasteiger partial charge >= 0.3 is 0 Å². The van der Waals surface area contributed by atoms with E-state index < -0.39 is 0 Å². The van der Waals surface area contributed by atoms with Gasteiger partial charge in [0.1, 0.15) is 18.0 Å². The van der Waals surface area contributed by atoms with Crippen molar-refractivity contribution in [1.29, 1.82) is 0 Å². The third-order valence-corrected chi connectivity index (χ3v) is 3.55. The van der Waals surface area contributed by atoms with E-state index in [-0.39, 0.29) is 0 Å². The van der Waals surface area contributed by atoms with Gasteiger partial charge in [-0.2, -0.15) is 0 Å². The second-order valence-corrected chi connectivity index (χ2v) is 5.19. The molecule has 106 valence electrons. The number of rotatable bonds is 5. The molecule has 0 fully saturated rings. The van der Waals surface area contributed by atoms with Crippen molar-refractivity contribution in [2.24, 2.45) is 0 Å². The fraction of sp³-hybridized carbons (Fsp3) is 0.286. The molecule has 1 aromatic carbocycles. The number of benzene rings is 1. The van der Waals surface area contributed by atoms with Gasteiger partial charge in [0, 0.05) is 17.8 Å². The quantitative estimate of drug-likeness (QED) is 0.843. The molecule has 0 saturated heterocycles. The van der Waals surface area contributed by atoms with Crippen molar-refractivity contribution in [3.63, 3.8) is 0 Å². The van der Waals surface area contributed by atoms with Crippen LogP contribution in [0, 0.1) is 6.92 Å². The van der Waals surface area contributed by atoms with Gasteiger partial charge in [0.25, 0.3) is 0 Å². The molecule has 0 amide bonds. The van der Waals surface area contributed by atoms with Crippen LogP contribution < -0.4 is 10.6 Å². The van der Waals surface area contributed by atoms with Crippen molar-refractivity contribution < 1.29 is 0 Å². The monoisotopic (exact) mass is 310 g/mol. The van der Waals surface area contributed by atoms with E-state index in [4.69, 9.17) is 23.2 Å². The Bertz CT molecular complexity index is 602. The van der Waals surface area contributed by atoms with E-state index >= 15 is 0 Å². The molecular formula is C14H16Cl2N4. The average Bonchev–Trinajstić information content (AvgIpc) is 2.44. The number of aromatic nitrogens is 2. The van der Waals surface area contributed by atoms with Crippen LogP contribution in [0.3, 0.4) is 0 Å². The predicted octanol–water partition coefficient (Wildman–Crippen LogP) is 4.66. The Labute approximate surface area is 128 Å². The van der Waals surface area contributed by atoms with Gasteiger partial charge in [0.2, 0.25) is 0 Å². The Morgan fingerprint density at radius 2 is 1.85 bits per heavy atom. The Balaban J connectivity index is 2.22. The molecule has 0 saturated carbocycles. The van der Waals surface area contributed by atoms with Crippen LogP contribution in [0.25, 0.3) is 0 Å². The van der Waals surface area contributed by atoms with Crippen molar-refractivity contribution >= 4 is 40.5 Å². The first kappa shape index (κ1) is 14.9. The van der Waals surface area contributed by atoms with E-state index in [9.17, 15) is 0 Å². The van der Waals surface area contributed by atoms with Crippen LogP contribution >= 0.6 is 23.2 Å². The van der Waals surface area contributed by atoms with Crippen LogP contribution in [0.2, 0.25) is 10.0 Å². The number of nitrogens with zero attached hydrogens (tertiary/aromatic N) is 2. The third kappa shape index (κ3) is 3.52. The van der Waals surface area contributed by atoms with Crippen molar-refractivity contribution in [1.82, 2.24) is 9.97 Å². The highest BCUT2D eigenvalue weighted by Gasteiger charge is 2.07. The summed E-state index contributed by atoms with van der Waals surface area (Å²) in [5, 5.41) is 7.53. The molecule has 0 unspecified atom stereocenters. The summed E-state index contributed by atoms with van der Waals surface area (Å²) in [6.45, 7) is 4.96. The summed E-state index contributed by atoms with van der Waals surface area (Å²) in [5.41, 5.74) is 1.80. The zero-order valence-corrected chi connectivity index (χ0v) is 12.9. The van der Waals surface area contributed by atoms with Crippen LogP contribution in [0.4, 0.5) is 17.3 Å². The highest BCUT2D eigenvalue weighted by Crippen LogP contribution is 2.28. The van der Waals surface area contributed by atoms with Crippen LogP contribution in [0.1, 0.15) is 18.9 Å². The van der Waals surface area contributed by atoms with E-state index in [0.29, 0.717) is 10.0 Å². The lowest BCUT2D eigenvalue weighted by Crippen LogP contribution is -2.06. The van der Waals surface area contributed by atoms with Gasteiger partial charge in [-0.25, -0.2) is 9.97 Å². The van der Waals surface area contributed by atoms with Crippen molar-refractivity contribution in [2.75, 3.05) is 17.2 Å². The summed E-state index contributed by atoms with van der Waals surface area (Å²) in [6, 6.07) is 5.37. The summed E-state index contributed by atoms with van der Waals surface area (Å²) in [7, 11) is 0. The first-order valence-electron chi connectivity index (χ1n) is 6.39. The molecular weight excluding hydrogens is 295 g/mol. The SMILES string of the molecule is CCCNc1ncnc(Nc2ccc(Cl)c(Cl)c2)c1C. The molecule has 2 N–H and O–H groups in total. The molecule has 0 bridgehead atoms. The van der Waals surface area contributed by atoms with Gasteiger partial charge in [-0.3, -0.25) is 0 Å². The Morgan fingerprint density at radius 1 is 1.10 bits per heavy atom. The number of hydrogen-bond acceptors (Lipinski definition) is 4. The summed E-state index contributed by atoms with van der Waals surface area (Å²) < 4.78 is 0. The Hall–Kier alpha value is -1.52. The molecule has 2 aromatic rings. The first-order valence-corrected chi connectivity index (χ1v) is 7.15. The van der Waals surface area contributed by atoms with Gasteiger partial charge in [-0.05, 0) is 31.5 Å². The molecule has 4 nitrogen and oxygen atoms in total. The molecule has 6 heteroatoms. The molecule has 0 aliphatic rings. The summed E-state index contributed by atoms with van der Waals surface area (Å²) in [6.07, 6.45) is 2.57. The highest BCUT2D eigenvalue weighted by molar-refractivity contribution is 6.42. The maximum atomic E-state index is 6.00. The lowest BCUT2D eigenvalue weighted by Gasteiger charge is -2.12. The van der Waals surface area contributed by atoms with E-state index in [0.717, 1.165) is 35.9 Å². The van der Waals surface area contributed by atoms with E-state index in [1.54, 1.807) is 12.1 Å². The largest absolute Gasteiger partial charge is 0.370 e. The highest BCUT2D eigenvalue weighted by atomic mass is 35.5. The van der Waals surface area contributed by atoms with Gasteiger partial charge in [0.05, 0.1) is 10.0 Å². The number of halogens is 2. The summed E-state index contributed by atoms with van der Waals surface area (Å²) in [5.74, 6) is 1.58. The van der Waals surface area contributed by atoms with Crippen LogP contribution in [0.5, 0.6) is 0 Å². The van der Waals surface area contributed by atoms with Gasteiger partial charge < -0.3 is 10.6 Å². The minimum absolute atomic E-state index is 0.507. The number of hydrogen-bond donors (Lipinski definition) is 2. The fourth-order valence-electron chi connectivity index (χ4n) is 1.71. The van der Waals surface area contributed by atoms with Crippen LogP contribution in [0.15, 0.2) is 24.5 Å². The second kappa shape index (κ2) is 6.77. The molecule has 0 spiro atoms. The Kier molecular flexibility index (Phi) is 5.04. The minimum atomic E-state index is 0.507. The van der Waals surface area contributed by atoms with Crippen molar-refractivity contribution in [2.45, 2.75) is 20.3 Å². The minimum Gasteiger partial charge on any atom is -0.370 e. The third-order valence-electron chi connectivity index (χ3n) is 2.81. The van der Waals surface area contributed by atoms with E-state index in [1.807, 2.05) is 13.0 Å². The van der Waals surface area contributed by atoms with Crippen LogP contribution in [-0.4, -0.2) is 16.5 Å². The zero-order valence-electron chi connectivity index (χ0n) is 11.4. The Morgan fingerprint density at radius 3 is 2.55 bits per heavy atom. The standard InChI is InChI=1S/C14H16Cl2N4/c1-3-6-17-13-9(2)14(19-8-18-13)20-10-4-5-11(15)12(16)7-10/h4-5,7-8H,3,6H2,1-2H3,(H2,17,18,19,20). The predicted molar refractivity (Wildman–Crippen MR) is 85.3 cm³/mol. The topological polar surface area (TPSA) is 49.8 Å². The lowest BCUT2D eigenvalue weighted by atomic mass is 10.2. The molecule has 1 heterocycles. The van der Waals surface area contributed by atoms with Crippen molar-refractivity contribution in [3.05, 3.63) is 40.1 Å². The fourth-order valence-corrected chi connectivity index (χ4v) is 2.01. The van der Waals surface area contributed by atoms with Gasteiger partial charge in [-0.1, -0.05) is 30.1 Å². The molecule has 1 aromatic heterocycles. The maximum Gasteiger partial charge on any atom is 0.138 e.